The summed E-state index contributed by atoms with van der Waals surface area (Å²) in [7, 11) is 0. The van der Waals surface area contributed by atoms with E-state index >= 15 is 0 Å². The summed E-state index contributed by atoms with van der Waals surface area (Å²) in [4.78, 5) is 13.4. The van der Waals surface area contributed by atoms with E-state index in [2.05, 4.69) is 30.4 Å². The van der Waals surface area contributed by atoms with Crippen LogP contribution >= 0.6 is 11.9 Å². The molecule has 0 atom stereocenters. The van der Waals surface area contributed by atoms with Crippen molar-refractivity contribution in [1.29, 1.82) is 0 Å². The van der Waals surface area contributed by atoms with Crippen molar-refractivity contribution in [2.75, 3.05) is 19.6 Å². The minimum atomic E-state index is -0.824. The number of carbonyl (C=O) groups is 1. The molecule has 1 aliphatic carbocycles. The van der Waals surface area contributed by atoms with E-state index in [1.165, 1.54) is 30.5 Å². The molecule has 3 nitrogen and oxygen atoms in total. The van der Waals surface area contributed by atoms with Crippen LogP contribution in [0.2, 0.25) is 0 Å². The number of amides is 1. The van der Waals surface area contributed by atoms with E-state index in [0.29, 0.717) is 17.4 Å². The van der Waals surface area contributed by atoms with Gasteiger partial charge in [-0.2, -0.15) is 0 Å². The van der Waals surface area contributed by atoms with Gasteiger partial charge in [0.2, 0.25) is 5.91 Å². The first-order valence-corrected chi connectivity index (χ1v) is 11.3. The third-order valence-electron chi connectivity index (χ3n) is 5.53. The van der Waals surface area contributed by atoms with Crippen LogP contribution in [0.25, 0.3) is 0 Å². The molecule has 1 aromatic carbocycles. The highest BCUT2D eigenvalue weighted by molar-refractivity contribution is 7.97. The Hall–Kier alpha value is -1.14. The van der Waals surface area contributed by atoms with Crippen LogP contribution < -0.4 is 5.32 Å². The van der Waals surface area contributed by atoms with Gasteiger partial charge >= 0.3 is 0 Å². The second-order valence-electron chi connectivity index (χ2n) is 8.25. The lowest BCUT2D eigenvalue weighted by atomic mass is 9.71. The Bertz CT molecular complexity index is 633. The van der Waals surface area contributed by atoms with Crippen molar-refractivity contribution in [3.8, 4) is 0 Å². The maximum atomic E-state index is 13.5. The molecule has 0 heterocycles. The van der Waals surface area contributed by atoms with Crippen LogP contribution in [0.15, 0.2) is 23.1 Å². The number of hydrogen-bond acceptors (Lipinski definition) is 3. The van der Waals surface area contributed by atoms with Crippen molar-refractivity contribution in [1.82, 2.24) is 9.62 Å². The van der Waals surface area contributed by atoms with Gasteiger partial charge in [-0.15, -0.1) is 0 Å². The second kappa shape index (κ2) is 11.1. The van der Waals surface area contributed by atoms with E-state index in [1.54, 1.807) is 6.07 Å². The smallest absolute Gasteiger partial charge is 0.226 e. The highest BCUT2D eigenvalue weighted by Gasteiger charge is 2.37. The van der Waals surface area contributed by atoms with Gasteiger partial charge in [-0.1, -0.05) is 40.0 Å². The molecule has 2 rings (SSSR count). The molecule has 0 saturated heterocycles. The molecule has 1 fully saturated rings. The van der Waals surface area contributed by atoms with E-state index in [1.807, 2.05) is 0 Å². The molecule has 28 heavy (non-hydrogen) atoms. The normalized spacial score (nSPS) is 16.5. The van der Waals surface area contributed by atoms with Gasteiger partial charge in [0.1, 0.15) is 0 Å². The zero-order chi connectivity index (χ0) is 20.6. The summed E-state index contributed by atoms with van der Waals surface area (Å²) in [6.45, 7) is 8.66. The predicted molar refractivity (Wildman–Crippen MR) is 112 cm³/mol. The van der Waals surface area contributed by atoms with Crippen LogP contribution in [-0.2, 0) is 4.79 Å². The number of benzene rings is 1. The fraction of sp³-hybridized carbons (Fsp3) is 0.682. The molecule has 0 spiro atoms. The SMILES string of the molecule is CCC1(C(=O)NCCCN(CC(C)C)Sc2ccc(F)c(F)c2)CCCCC1. The number of rotatable bonds is 10. The van der Waals surface area contributed by atoms with E-state index in [-0.39, 0.29) is 11.3 Å². The molecule has 0 aromatic heterocycles. The van der Waals surface area contributed by atoms with Crippen molar-refractivity contribution >= 4 is 17.9 Å². The number of hydrogen-bond donors (Lipinski definition) is 1. The van der Waals surface area contributed by atoms with E-state index < -0.39 is 11.6 Å². The average molecular weight is 413 g/mol. The van der Waals surface area contributed by atoms with Crippen LogP contribution in [0.4, 0.5) is 8.78 Å². The number of halogens is 2. The number of nitrogens with one attached hydrogen (secondary N) is 1. The van der Waals surface area contributed by atoms with Crippen LogP contribution in [0.1, 0.15) is 65.7 Å². The molecule has 158 valence electrons. The Morgan fingerprint density at radius 3 is 2.54 bits per heavy atom. The lowest BCUT2D eigenvalue weighted by Gasteiger charge is -2.35. The van der Waals surface area contributed by atoms with Gasteiger partial charge in [-0.3, -0.25) is 4.79 Å². The van der Waals surface area contributed by atoms with Crippen LogP contribution in [-0.4, -0.2) is 29.8 Å². The van der Waals surface area contributed by atoms with Crippen molar-refractivity contribution in [2.45, 2.75) is 70.6 Å². The standard InChI is InChI=1S/C22H34F2N2OS/c1-4-22(11-6-5-7-12-22)21(27)25-13-8-14-26(16-17(2)3)28-18-9-10-19(23)20(24)15-18/h9-10,15,17H,4-8,11-14,16H2,1-3H3,(H,25,27). The van der Waals surface area contributed by atoms with Crippen LogP contribution in [0.5, 0.6) is 0 Å². The zero-order valence-electron chi connectivity index (χ0n) is 17.4. The highest BCUT2D eigenvalue weighted by atomic mass is 32.2. The first-order chi connectivity index (χ1) is 13.4. The largest absolute Gasteiger partial charge is 0.356 e. The molecule has 1 saturated carbocycles. The Labute approximate surface area is 172 Å². The number of carbonyl (C=O) groups excluding carboxylic acids is 1. The summed E-state index contributed by atoms with van der Waals surface area (Å²) in [5.41, 5.74) is -0.170. The molecular weight excluding hydrogens is 378 g/mol. The summed E-state index contributed by atoms with van der Waals surface area (Å²) >= 11 is 1.44. The van der Waals surface area contributed by atoms with Gasteiger partial charge in [0.25, 0.3) is 0 Å². The first-order valence-electron chi connectivity index (χ1n) is 10.5. The van der Waals surface area contributed by atoms with Gasteiger partial charge in [0.05, 0.1) is 0 Å². The Balaban J connectivity index is 1.84. The van der Waals surface area contributed by atoms with Gasteiger partial charge in [-0.25, -0.2) is 13.1 Å². The molecule has 1 N–H and O–H groups in total. The van der Waals surface area contributed by atoms with Gasteiger partial charge in [0, 0.05) is 29.9 Å². The predicted octanol–water partition coefficient (Wildman–Crippen LogP) is 5.80. The van der Waals surface area contributed by atoms with Gasteiger partial charge < -0.3 is 5.32 Å². The molecular formula is C22H34F2N2OS. The van der Waals surface area contributed by atoms with Crippen molar-refractivity contribution in [3.05, 3.63) is 29.8 Å². The van der Waals surface area contributed by atoms with Crippen LogP contribution in [0, 0.1) is 23.0 Å². The topological polar surface area (TPSA) is 32.3 Å². The van der Waals surface area contributed by atoms with E-state index in [9.17, 15) is 13.6 Å². The molecule has 0 bridgehead atoms. The summed E-state index contributed by atoms with van der Waals surface area (Å²) in [6.07, 6.45) is 7.27. The summed E-state index contributed by atoms with van der Waals surface area (Å²) < 4.78 is 28.8. The quantitative estimate of drug-likeness (QED) is 0.389. The molecule has 6 heteroatoms. The first kappa shape index (κ1) is 23.1. The summed E-state index contributed by atoms with van der Waals surface area (Å²) in [6, 6.07) is 4.01. The van der Waals surface area contributed by atoms with Crippen molar-refractivity contribution in [3.63, 3.8) is 0 Å². The average Bonchev–Trinajstić information content (AvgIpc) is 2.67. The summed E-state index contributed by atoms with van der Waals surface area (Å²) in [5, 5.41) is 3.15. The third kappa shape index (κ3) is 6.73. The molecule has 0 aliphatic heterocycles. The van der Waals surface area contributed by atoms with Crippen molar-refractivity contribution < 1.29 is 13.6 Å². The molecule has 0 radical (unpaired) electrons. The fourth-order valence-corrected chi connectivity index (χ4v) is 5.06. The summed E-state index contributed by atoms with van der Waals surface area (Å²) in [5.74, 6) is -0.981. The zero-order valence-corrected chi connectivity index (χ0v) is 18.2. The number of nitrogens with zero attached hydrogens (tertiary/aromatic N) is 1. The lowest BCUT2D eigenvalue weighted by Crippen LogP contribution is -2.42. The maximum absolute atomic E-state index is 13.5. The molecule has 0 unspecified atom stereocenters. The Kier molecular flexibility index (Phi) is 9.22. The Morgan fingerprint density at radius 1 is 1.21 bits per heavy atom. The van der Waals surface area contributed by atoms with E-state index in [0.717, 1.165) is 51.6 Å². The third-order valence-corrected chi connectivity index (χ3v) is 6.59. The lowest BCUT2D eigenvalue weighted by molar-refractivity contribution is -0.133. The highest BCUT2D eigenvalue weighted by Crippen LogP contribution is 2.39. The molecule has 1 amide bonds. The van der Waals surface area contributed by atoms with Crippen molar-refractivity contribution in [2.24, 2.45) is 11.3 Å². The fourth-order valence-electron chi connectivity index (χ4n) is 3.88. The van der Waals surface area contributed by atoms with Gasteiger partial charge in [0.15, 0.2) is 11.6 Å². The maximum Gasteiger partial charge on any atom is 0.226 e. The second-order valence-corrected chi connectivity index (χ2v) is 9.42. The Morgan fingerprint density at radius 2 is 1.93 bits per heavy atom. The molecule has 1 aromatic rings. The minimum Gasteiger partial charge on any atom is -0.356 e. The monoisotopic (exact) mass is 412 g/mol. The molecule has 1 aliphatic rings. The van der Waals surface area contributed by atoms with Crippen LogP contribution in [0.3, 0.4) is 0 Å². The van der Waals surface area contributed by atoms with E-state index in [4.69, 9.17) is 0 Å². The minimum absolute atomic E-state index is 0.170. The van der Waals surface area contributed by atoms with Gasteiger partial charge in [-0.05, 0) is 61.7 Å².